The fourth-order valence-corrected chi connectivity index (χ4v) is 0.411. The predicted molar refractivity (Wildman–Crippen MR) is 55.2 cm³/mol. The number of ether oxygens (including phenoxy) is 2. The Morgan fingerprint density at radius 1 is 1.33 bits per heavy atom. The Labute approximate surface area is 89.0 Å². The number of aliphatic carboxylic acids is 1. The smallest absolute Gasteiger partial charge is 0.331 e. The summed E-state index contributed by atoms with van der Waals surface area (Å²) in [5.41, 5.74) is 0. The van der Waals surface area contributed by atoms with Crippen LogP contribution in [0.2, 0.25) is 0 Å². The minimum Gasteiger partial charge on any atom is -0.505 e. The number of rotatable bonds is 4. The molecule has 0 amide bonds. The highest BCUT2D eigenvalue weighted by Gasteiger charge is 1.99. The fraction of sp³-hybridized carbons (Fsp3) is 0.400. The molecule has 0 saturated carbocycles. The lowest BCUT2D eigenvalue weighted by Gasteiger charge is -2.02. The Morgan fingerprint density at radius 2 is 1.80 bits per heavy atom. The maximum absolute atomic E-state index is 10.6. The van der Waals surface area contributed by atoms with Crippen molar-refractivity contribution in [3.8, 4) is 0 Å². The fourth-order valence-electron chi connectivity index (χ4n) is 0.411. The van der Waals surface area contributed by atoms with Crippen LogP contribution in [0.25, 0.3) is 0 Å². The number of esters is 1. The summed E-state index contributed by atoms with van der Waals surface area (Å²) >= 11 is 0. The summed E-state index contributed by atoms with van der Waals surface area (Å²) < 4.78 is 8.92. The molecule has 0 radical (unpaired) electrons. The first-order valence-corrected chi connectivity index (χ1v) is 4.19. The van der Waals surface area contributed by atoms with Crippen molar-refractivity contribution in [1.82, 2.24) is 0 Å². The van der Waals surface area contributed by atoms with Crippen LogP contribution in [0.1, 0.15) is 13.8 Å². The molecular weight excluding hydrogens is 200 g/mol. The molecule has 0 bridgehead atoms. The number of carboxylic acids is 1. The molecule has 0 aliphatic heterocycles. The van der Waals surface area contributed by atoms with Gasteiger partial charge in [-0.3, -0.25) is 0 Å². The Kier molecular flexibility index (Phi) is 10.8. The van der Waals surface area contributed by atoms with Crippen molar-refractivity contribution in [2.75, 3.05) is 7.11 Å². The first-order valence-electron chi connectivity index (χ1n) is 4.19. The van der Waals surface area contributed by atoms with Gasteiger partial charge in [0, 0.05) is 12.2 Å². The summed E-state index contributed by atoms with van der Waals surface area (Å²) in [5, 5.41) is 8.10. The molecule has 0 spiro atoms. The van der Waals surface area contributed by atoms with Crippen LogP contribution in [0.15, 0.2) is 25.0 Å². The number of hydrogen-bond donors (Lipinski definition) is 1. The summed E-state index contributed by atoms with van der Waals surface area (Å²) in [6, 6.07) is 0. The zero-order chi connectivity index (χ0) is 12.3. The van der Waals surface area contributed by atoms with Gasteiger partial charge in [0.05, 0.1) is 19.5 Å². The molecule has 5 nitrogen and oxygen atoms in total. The molecule has 0 rings (SSSR count). The maximum Gasteiger partial charge on any atom is 0.331 e. The second-order valence-corrected chi connectivity index (χ2v) is 2.56. The molecule has 0 fully saturated rings. The average Bonchev–Trinajstić information content (AvgIpc) is 2.14. The van der Waals surface area contributed by atoms with Crippen LogP contribution in [-0.2, 0) is 19.1 Å². The molecule has 0 aromatic heterocycles. The monoisotopic (exact) mass is 216 g/mol. The second-order valence-electron chi connectivity index (χ2n) is 2.56. The Bertz CT molecular complexity index is 230. The zero-order valence-electron chi connectivity index (χ0n) is 9.10. The van der Waals surface area contributed by atoms with Gasteiger partial charge in [-0.1, -0.05) is 6.58 Å². The molecule has 0 aliphatic carbocycles. The largest absolute Gasteiger partial charge is 0.505 e. The van der Waals surface area contributed by atoms with E-state index in [0.717, 1.165) is 12.2 Å². The number of carboxylic acid groups (broad SMARTS) is 1. The maximum atomic E-state index is 10.6. The first kappa shape index (κ1) is 15.7. The van der Waals surface area contributed by atoms with Gasteiger partial charge in [-0.05, 0) is 13.8 Å². The summed E-state index contributed by atoms with van der Waals surface area (Å²) in [6.07, 6.45) is 2.77. The van der Waals surface area contributed by atoms with Crippen molar-refractivity contribution in [2.24, 2.45) is 0 Å². The average molecular weight is 216 g/mol. The minimum atomic E-state index is -1.16. The van der Waals surface area contributed by atoms with Crippen molar-refractivity contribution < 1.29 is 24.2 Å². The lowest BCUT2D eigenvalue weighted by atomic mass is 10.4. The van der Waals surface area contributed by atoms with E-state index in [1.54, 1.807) is 21.0 Å². The van der Waals surface area contributed by atoms with Gasteiger partial charge < -0.3 is 14.6 Å². The molecule has 1 N–H and O–H groups in total. The van der Waals surface area contributed by atoms with Crippen LogP contribution in [0.3, 0.4) is 0 Å². The predicted octanol–water partition coefficient (Wildman–Crippen LogP) is 1.36. The third-order valence-electron chi connectivity index (χ3n) is 0.881. The highest BCUT2D eigenvalue weighted by molar-refractivity contribution is 5.90. The van der Waals surface area contributed by atoms with Gasteiger partial charge in [-0.25, -0.2) is 9.59 Å². The highest BCUT2D eigenvalue weighted by atomic mass is 16.5. The number of carbonyl (C=O) groups is 2. The molecule has 0 saturated heterocycles. The molecule has 86 valence electrons. The molecule has 0 aromatic rings. The quantitative estimate of drug-likeness (QED) is 0.436. The molecule has 0 atom stereocenters. The van der Waals surface area contributed by atoms with Crippen LogP contribution in [0.5, 0.6) is 0 Å². The molecule has 0 aliphatic rings. The Hall–Kier alpha value is -1.78. The van der Waals surface area contributed by atoms with E-state index >= 15 is 0 Å². The third-order valence-corrected chi connectivity index (χ3v) is 0.881. The third kappa shape index (κ3) is 18.9. The summed E-state index contributed by atoms with van der Waals surface area (Å²) in [5.74, 6) is -1.80. The van der Waals surface area contributed by atoms with Gasteiger partial charge in [0.2, 0.25) is 0 Å². The zero-order valence-corrected chi connectivity index (χ0v) is 9.10. The Balaban J connectivity index is 0. The van der Waals surface area contributed by atoms with Gasteiger partial charge in [0.25, 0.3) is 0 Å². The van der Waals surface area contributed by atoms with Crippen LogP contribution in [0, 0.1) is 0 Å². The van der Waals surface area contributed by atoms with Crippen LogP contribution < -0.4 is 0 Å². The van der Waals surface area contributed by atoms with Crippen molar-refractivity contribution in [3.05, 3.63) is 25.0 Å². The van der Waals surface area contributed by atoms with E-state index < -0.39 is 11.9 Å². The van der Waals surface area contributed by atoms with Crippen LogP contribution in [-0.4, -0.2) is 30.3 Å². The van der Waals surface area contributed by atoms with E-state index in [1.165, 1.54) is 6.26 Å². The van der Waals surface area contributed by atoms with E-state index in [9.17, 15) is 9.59 Å². The summed E-state index contributed by atoms with van der Waals surface area (Å²) in [4.78, 5) is 20.5. The summed E-state index contributed by atoms with van der Waals surface area (Å²) in [6.45, 7) is 6.63. The molecule has 5 heteroatoms. The van der Waals surface area contributed by atoms with E-state index in [1.807, 2.05) is 0 Å². The summed E-state index contributed by atoms with van der Waals surface area (Å²) in [7, 11) is 1.56. The molecule has 0 heterocycles. The van der Waals surface area contributed by atoms with Crippen molar-refractivity contribution >= 4 is 11.9 Å². The van der Waals surface area contributed by atoms with E-state index in [0.29, 0.717) is 0 Å². The van der Waals surface area contributed by atoms with Crippen molar-refractivity contribution in [2.45, 2.75) is 20.0 Å². The van der Waals surface area contributed by atoms with Gasteiger partial charge in [0.15, 0.2) is 0 Å². The van der Waals surface area contributed by atoms with Crippen LogP contribution >= 0.6 is 0 Å². The second kappa shape index (κ2) is 10.3. The first-order chi connectivity index (χ1) is 6.93. The topological polar surface area (TPSA) is 72.8 Å². The number of methoxy groups -OCH3 is 1. The van der Waals surface area contributed by atoms with Gasteiger partial charge in [0.1, 0.15) is 0 Å². The number of carbonyl (C=O) groups excluding carboxylic acids is 1. The van der Waals surface area contributed by atoms with E-state index in [4.69, 9.17) is 5.11 Å². The van der Waals surface area contributed by atoms with Crippen LogP contribution in [0.4, 0.5) is 0 Å². The molecule has 15 heavy (non-hydrogen) atoms. The van der Waals surface area contributed by atoms with Crippen molar-refractivity contribution in [3.63, 3.8) is 0 Å². The lowest BCUT2D eigenvalue weighted by molar-refractivity contribution is -0.142. The van der Waals surface area contributed by atoms with Gasteiger partial charge >= 0.3 is 11.9 Å². The minimum absolute atomic E-state index is 0.221. The van der Waals surface area contributed by atoms with Gasteiger partial charge in [-0.2, -0.15) is 0 Å². The number of hydrogen-bond acceptors (Lipinski definition) is 4. The Morgan fingerprint density at radius 3 is 2.07 bits per heavy atom. The molecular formula is C10H16O5. The van der Waals surface area contributed by atoms with E-state index in [2.05, 4.69) is 16.1 Å². The standard InChI is InChI=1S/C7H10O4.C3H6O/c1-5(2)11-7(10)4-3-6(8)9;1-3-4-2/h3-5H,1-2H3,(H,8,9);3H,1H2,2H3/b4-3+;. The lowest BCUT2D eigenvalue weighted by Crippen LogP contribution is -2.08. The SMILES string of the molecule is C=COC.CC(C)OC(=O)/C=C/C(=O)O. The highest BCUT2D eigenvalue weighted by Crippen LogP contribution is 1.89. The van der Waals surface area contributed by atoms with Gasteiger partial charge in [-0.15, -0.1) is 0 Å². The van der Waals surface area contributed by atoms with Crippen molar-refractivity contribution in [1.29, 1.82) is 0 Å². The molecule has 0 unspecified atom stereocenters. The van der Waals surface area contributed by atoms with E-state index in [-0.39, 0.29) is 6.10 Å². The normalized spacial score (nSPS) is 9.07. The molecule has 0 aromatic carbocycles.